The van der Waals surface area contributed by atoms with Crippen LogP contribution in [0.1, 0.15) is 24.3 Å². The van der Waals surface area contributed by atoms with E-state index in [9.17, 15) is 5.11 Å². The van der Waals surface area contributed by atoms with E-state index in [1.807, 2.05) is 44.3 Å². The van der Waals surface area contributed by atoms with Crippen LogP contribution < -0.4 is 15.4 Å². The van der Waals surface area contributed by atoms with Crippen molar-refractivity contribution >= 4 is 5.96 Å². The van der Waals surface area contributed by atoms with Crippen LogP contribution in [0.3, 0.4) is 0 Å². The van der Waals surface area contributed by atoms with Gasteiger partial charge in [0, 0.05) is 26.3 Å². The average molecular weight is 331 g/mol. The number of aliphatic hydroxyl groups is 1. The lowest BCUT2D eigenvalue weighted by Crippen LogP contribution is -2.39. The quantitative estimate of drug-likeness (QED) is 0.525. The van der Waals surface area contributed by atoms with Crippen molar-refractivity contribution in [3.8, 4) is 5.75 Å². The number of aromatic nitrogens is 2. The molecule has 130 valence electrons. The molecule has 3 N–H and O–H groups in total. The molecule has 1 unspecified atom stereocenters. The fourth-order valence-electron chi connectivity index (χ4n) is 2.20. The van der Waals surface area contributed by atoms with Gasteiger partial charge in [0.05, 0.1) is 25.5 Å². The Balaban J connectivity index is 1.93. The molecule has 24 heavy (non-hydrogen) atoms. The van der Waals surface area contributed by atoms with E-state index in [0.29, 0.717) is 19.0 Å². The van der Waals surface area contributed by atoms with Gasteiger partial charge in [-0.15, -0.1) is 0 Å². The maximum atomic E-state index is 10.3. The third-order valence-corrected chi connectivity index (χ3v) is 3.63. The van der Waals surface area contributed by atoms with Gasteiger partial charge in [-0.1, -0.05) is 12.1 Å². The molecule has 0 saturated heterocycles. The van der Waals surface area contributed by atoms with E-state index in [1.165, 1.54) is 0 Å². The number of hydrogen-bond acceptors (Lipinski definition) is 4. The molecule has 0 radical (unpaired) electrons. The number of ether oxygens (including phenoxy) is 1. The van der Waals surface area contributed by atoms with Gasteiger partial charge >= 0.3 is 0 Å². The highest BCUT2D eigenvalue weighted by atomic mass is 16.5. The zero-order chi connectivity index (χ0) is 17.4. The molecule has 0 saturated carbocycles. The lowest BCUT2D eigenvalue weighted by atomic mass is 10.1. The summed E-state index contributed by atoms with van der Waals surface area (Å²) in [6.45, 7) is 3.63. The van der Waals surface area contributed by atoms with Crippen molar-refractivity contribution in [1.82, 2.24) is 20.4 Å². The van der Waals surface area contributed by atoms with Crippen LogP contribution in [0.2, 0.25) is 0 Å². The minimum Gasteiger partial charge on any atom is -0.497 e. The van der Waals surface area contributed by atoms with Crippen molar-refractivity contribution in [3.63, 3.8) is 0 Å². The summed E-state index contributed by atoms with van der Waals surface area (Å²) in [5, 5.41) is 20.7. The molecule has 0 aliphatic carbocycles. The summed E-state index contributed by atoms with van der Waals surface area (Å²) in [5.74, 6) is 1.43. The molecule has 0 aliphatic rings. The number of aliphatic imine (C=N–C) groups is 1. The molecule has 0 aliphatic heterocycles. The number of aryl methyl sites for hydroxylation is 1. The second-order valence-electron chi connectivity index (χ2n) is 5.31. The zero-order valence-electron chi connectivity index (χ0n) is 14.4. The summed E-state index contributed by atoms with van der Waals surface area (Å²) in [4.78, 5) is 4.51. The van der Waals surface area contributed by atoms with Crippen LogP contribution in [0.25, 0.3) is 0 Å². The van der Waals surface area contributed by atoms with Crippen molar-refractivity contribution in [1.29, 1.82) is 0 Å². The first-order valence-corrected chi connectivity index (χ1v) is 7.95. The predicted molar refractivity (Wildman–Crippen MR) is 94.0 cm³/mol. The Labute approximate surface area is 142 Å². The summed E-state index contributed by atoms with van der Waals surface area (Å²) in [5.41, 5.74) is 1.84. The molecule has 0 amide bonds. The Morgan fingerprint density at radius 3 is 2.62 bits per heavy atom. The number of nitrogens with zero attached hydrogens (tertiary/aromatic N) is 3. The van der Waals surface area contributed by atoms with Crippen LogP contribution >= 0.6 is 0 Å². The molecule has 0 fully saturated rings. The Kier molecular flexibility index (Phi) is 6.62. The highest BCUT2D eigenvalue weighted by molar-refractivity contribution is 5.79. The van der Waals surface area contributed by atoms with Crippen molar-refractivity contribution in [3.05, 3.63) is 47.8 Å². The largest absolute Gasteiger partial charge is 0.497 e. The van der Waals surface area contributed by atoms with Crippen LogP contribution in [-0.2, 0) is 13.6 Å². The van der Waals surface area contributed by atoms with Crippen molar-refractivity contribution < 1.29 is 9.84 Å². The summed E-state index contributed by atoms with van der Waals surface area (Å²) in [6, 6.07) is 9.30. The zero-order valence-corrected chi connectivity index (χ0v) is 14.4. The number of methoxy groups -OCH3 is 1. The molecule has 1 heterocycles. The molecule has 2 rings (SSSR count). The van der Waals surface area contributed by atoms with Gasteiger partial charge in [0.15, 0.2) is 5.96 Å². The molecule has 7 heteroatoms. The number of rotatable bonds is 7. The molecule has 1 atom stereocenters. The van der Waals surface area contributed by atoms with Gasteiger partial charge in [0.1, 0.15) is 5.75 Å². The number of hydrogen-bond donors (Lipinski definition) is 3. The summed E-state index contributed by atoms with van der Waals surface area (Å²) in [7, 11) is 3.51. The molecule has 7 nitrogen and oxygen atoms in total. The normalized spacial score (nSPS) is 12.8. The number of benzene rings is 1. The van der Waals surface area contributed by atoms with E-state index in [2.05, 4.69) is 20.7 Å². The van der Waals surface area contributed by atoms with Crippen LogP contribution in [-0.4, -0.2) is 41.0 Å². The summed E-state index contributed by atoms with van der Waals surface area (Å²) < 4.78 is 6.91. The highest BCUT2D eigenvalue weighted by Gasteiger charge is 2.09. The van der Waals surface area contributed by atoms with E-state index in [4.69, 9.17) is 4.74 Å². The van der Waals surface area contributed by atoms with Crippen molar-refractivity contribution in [2.75, 3.05) is 20.2 Å². The van der Waals surface area contributed by atoms with Gasteiger partial charge in [0.2, 0.25) is 0 Å². The number of guanidine groups is 1. The summed E-state index contributed by atoms with van der Waals surface area (Å²) >= 11 is 0. The molecular weight excluding hydrogens is 306 g/mol. The van der Waals surface area contributed by atoms with E-state index in [1.54, 1.807) is 18.0 Å². The monoisotopic (exact) mass is 331 g/mol. The third kappa shape index (κ3) is 4.99. The van der Waals surface area contributed by atoms with Gasteiger partial charge in [-0.3, -0.25) is 4.68 Å². The molecule has 0 spiro atoms. The van der Waals surface area contributed by atoms with Crippen LogP contribution in [0.15, 0.2) is 41.5 Å². The van der Waals surface area contributed by atoms with Gasteiger partial charge in [-0.25, -0.2) is 4.99 Å². The van der Waals surface area contributed by atoms with Crippen LogP contribution in [0.4, 0.5) is 0 Å². The number of aliphatic hydroxyl groups excluding tert-OH is 1. The maximum Gasteiger partial charge on any atom is 0.191 e. The second kappa shape index (κ2) is 8.93. The van der Waals surface area contributed by atoms with Gasteiger partial charge in [-0.05, 0) is 30.7 Å². The van der Waals surface area contributed by atoms with E-state index in [0.717, 1.165) is 23.6 Å². The Morgan fingerprint density at radius 2 is 2.04 bits per heavy atom. The SMILES string of the molecule is CCNC(=NCc1ccnn1C)NCC(O)c1ccc(OC)cc1. The standard InChI is InChI=1S/C17H25N5O2/c1-4-18-17(19-11-14-9-10-21-22(14)2)20-12-16(23)13-5-7-15(24-3)8-6-13/h5-10,16,23H,4,11-12H2,1-3H3,(H2,18,19,20). The van der Waals surface area contributed by atoms with Crippen molar-refractivity contribution in [2.45, 2.75) is 19.6 Å². The Bertz CT molecular complexity index is 651. The fourth-order valence-corrected chi connectivity index (χ4v) is 2.20. The van der Waals surface area contributed by atoms with Gasteiger partial charge in [-0.2, -0.15) is 5.10 Å². The topological polar surface area (TPSA) is 83.7 Å². The average Bonchev–Trinajstić information content (AvgIpc) is 3.02. The molecule has 0 bridgehead atoms. The third-order valence-electron chi connectivity index (χ3n) is 3.63. The van der Waals surface area contributed by atoms with Crippen molar-refractivity contribution in [2.24, 2.45) is 12.0 Å². The second-order valence-corrected chi connectivity index (χ2v) is 5.31. The van der Waals surface area contributed by atoms with Gasteiger partial charge in [0.25, 0.3) is 0 Å². The molecule has 2 aromatic rings. The Morgan fingerprint density at radius 1 is 1.29 bits per heavy atom. The first-order chi connectivity index (χ1) is 11.6. The van der Waals surface area contributed by atoms with E-state index >= 15 is 0 Å². The predicted octanol–water partition coefficient (Wildman–Crippen LogP) is 1.22. The first kappa shape index (κ1) is 17.8. The summed E-state index contributed by atoms with van der Waals surface area (Å²) in [6.07, 6.45) is 1.12. The van der Waals surface area contributed by atoms with E-state index in [-0.39, 0.29) is 0 Å². The molecular formula is C17H25N5O2. The smallest absolute Gasteiger partial charge is 0.191 e. The van der Waals surface area contributed by atoms with Gasteiger partial charge < -0.3 is 20.5 Å². The van der Waals surface area contributed by atoms with Crippen LogP contribution in [0, 0.1) is 0 Å². The Hall–Kier alpha value is -2.54. The molecule has 1 aromatic heterocycles. The minimum atomic E-state index is -0.628. The lowest BCUT2D eigenvalue weighted by Gasteiger charge is -2.16. The maximum absolute atomic E-state index is 10.3. The van der Waals surface area contributed by atoms with Crippen LogP contribution in [0.5, 0.6) is 5.75 Å². The molecule has 1 aromatic carbocycles. The minimum absolute atomic E-state index is 0.365. The first-order valence-electron chi connectivity index (χ1n) is 7.95. The fraction of sp³-hybridized carbons (Fsp3) is 0.412. The number of nitrogens with one attached hydrogen (secondary N) is 2. The lowest BCUT2D eigenvalue weighted by molar-refractivity contribution is 0.180. The van der Waals surface area contributed by atoms with E-state index < -0.39 is 6.10 Å². The highest BCUT2D eigenvalue weighted by Crippen LogP contribution is 2.16.